The van der Waals surface area contributed by atoms with Gasteiger partial charge in [0.2, 0.25) is 0 Å². The molecule has 0 radical (unpaired) electrons. The van der Waals surface area contributed by atoms with Gasteiger partial charge in [0.15, 0.2) is 17.9 Å². The van der Waals surface area contributed by atoms with Crippen LogP contribution in [0.15, 0.2) is 47.6 Å². The zero-order chi connectivity index (χ0) is 13.9. The summed E-state index contributed by atoms with van der Waals surface area (Å²) in [6, 6.07) is 6.74. The van der Waals surface area contributed by atoms with Crippen LogP contribution in [0.25, 0.3) is 0 Å². The summed E-state index contributed by atoms with van der Waals surface area (Å²) in [7, 11) is 0. The van der Waals surface area contributed by atoms with Gasteiger partial charge in [0.25, 0.3) is 0 Å². The second kappa shape index (κ2) is 3.98. The fourth-order valence-electron chi connectivity index (χ4n) is 3.29. The Kier molecular flexibility index (Phi) is 2.34. The molecular weight excluding hydrogens is 256 g/mol. The van der Waals surface area contributed by atoms with Crippen LogP contribution in [0.3, 0.4) is 0 Å². The van der Waals surface area contributed by atoms with Gasteiger partial charge in [-0.15, -0.1) is 0 Å². The SMILES string of the molecule is O=C1C2=C(C(=O)c3ccccc31)[C@@H]1CC=C[C@@H]1O[C@H]2O. The number of carbonyl (C=O) groups excluding carboxylic acids is 2. The van der Waals surface area contributed by atoms with Gasteiger partial charge in [-0.05, 0) is 6.42 Å². The van der Waals surface area contributed by atoms with E-state index >= 15 is 0 Å². The smallest absolute Gasteiger partial charge is 0.195 e. The number of aliphatic hydroxyl groups excluding tert-OH is 1. The fourth-order valence-corrected chi connectivity index (χ4v) is 3.29. The molecule has 0 amide bonds. The van der Waals surface area contributed by atoms with Crippen molar-refractivity contribution in [2.45, 2.75) is 18.8 Å². The number of aliphatic hydroxyl groups is 1. The molecule has 4 heteroatoms. The Morgan fingerprint density at radius 3 is 2.40 bits per heavy atom. The monoisotopic (exact) mass is 268 g/mol. The maximum absolute atomic E-state index is 12.7. The molecule has 0 saturated carbocycles. The van der Waals surface area contributed by atoms with Crippen LogP contribution in [-0.4, -0.2) is 29.1 Å². The van der Waals surface area contributed by atoms with E-state index in [1.54, 1.807) is 24.3 Å². The second-order valence-corrected chi connectivity index (χ2v) is 5.25. The van der Waals surface area contributed by atoms with Gasteiger partial charge in [0.1, 0.15) is 0 Å². The standard InChI is InChI=1S/C16H12O4/c17-14-8-4-1-2-5-9(8)15(18)13-12(14)10-6-3-7-11(10)20-16(13)19/h1-5,7,10-11,16,19H,6H2/t10-,11+,16-/m1/s1. The molecule has 0 aromatic heterocycles. The molecule has 0 bridgehead atoms. The number of Topliss-reactive ketones (excluding diaryl/α,β-unsaturated/α-hetero) is 2. The maximum Gasteiger partial charge on any atom is 0.195 e. The molecular formula is C16H12O4. The Balaban J connectivity index is 1.95. The van der Waals surface area contributed by atoms with E-state index in [-0.39, 0.29) is 29.2 Å². The van der Waals surface area contributed by atoms with Crippen molar-refractivity contribution >= 4 is 11.6 Å². The molecule has 1 aliphatic heterocycles. The van der Waals surface area contributed by atoms with Crippen LogP contribution in [0.4, 0.5) is 0 Å². The average molecular weight is 268 g/mol. The first-order valence-corrected chi connectivity index (χ1v) is 6.61. The van der Waals surface area contributed by atoms with Crippen LogP contribution in [0, 0.1) is 5.92 Å². The highest BCUT2D eigenvalue weighted by molar-refractivity contribution is 6.27. The number of carbonyl (C=O) groups is 2. The molecule has 3 atom stereocenters. The molecule has 20 heavy (non-hydrogen) atoms. The lowest BCUT2D eigenvalue weighted by molar-refractivity contribution is -0.114. The van der Waals surface area contributed by atoms with Crippen LogP contribution >= 0.6 is 0 Å². The van der Waals surface area contributed by atoms with E-state index in [4.69, 9.17) is 4.74 Å². The largest absolute Gasteiger partial charge is 0.364 e. The lowest BCUT2D eigenvalue weighted by atomic mass is 9.75. The Hall–Kier alpha value is -2.04. The van der Waals surface area contributed by atoms with E-state index in [0.717, 1.165) is 0 Å². The quantitative estimate of drug-likeness (QED) is 0.727. The summed E-state index contributed by atoms with van der Waals surface area (Å²) < 4.78 is 5.45. The zero-order valence-electron chi connectivity index (χ0n) is 10.6. The second-order valence-electron chi connectivity index (χ2n) is 5.25. The highest BCUT2D eigenvalue weighted by atomic mass is 16.6. The minimum atomic E-state index is -1.32. The van der Waals surface area contributed by atoms with E-state index in [2.05, 4.69) is 0 Å². The predicted octanol–water partition coefficient (Wildman–Crippen LogP) is 1.66. The first-order valence-electron chi connectivity index (χ1n) is 6.61. The number of allylic oxidation sites excluding steroid dienone is 1. The van der Waals surface area contributed by atoms with E-state index in [1.807, 2.05) is 12.2 Å². The third-order valence-electron chi connectivity index (χ3n) is 4.21. The van der Waals surface area contributed by atoms with Gasteiger partial charge >= 0.3 is 0 Å². The molecule has 0 unspecified atom stereocenters. The van der Waals surface area contributed by atoms with Gasteiger partial charge in [-0.25, -0.2) is 0 Å². The molecule has 1 N–H and O–H groups in total. The molecule has 4 rings (SSSR count). The van der Waals surface area contributed by atoms with Crippen molar-refractivity contribution in [3.05, 3.63) is 58.7 Å². The third-order valence-corrected chi connectivity index (χ3v) is 4.21. The molecule has 2 aliphatic carbocycles. The summed E-state index contributed by atoms with van der Waals surface area (Å²) in [6.45, 7) is 0. The summed E-state index contributed by atoms with van der Waals surface area (Å²) in [5, 5.41) is 10.1. The van der Waals surface area contributed by atoms with E-state index in [9.17, 15) is 14.7 Å². The number of benzene rings is 1. The fraction of sp³-hybridized carbons (Fsp3) is 0.250. The first kappa shape index (κ1) is 11.8. The summed E-state index contributed by atoms with van der Waals surface area (Å²) in [5.74, 6) is -0.609. The number of hydrogen-bond donors (Lipinski definition) is 1. The van der Waals surface area contributed by atoms with E-state index in [1.165, 1.54) is 0 Å². The number of rotatable bonds is 0. The van der Waals surface area contributed by atoms with E-state index < -0.39 is 6.29 Å². The zero-order valence-corrected chi connectivity index (χ0v) is 10.6. The Morgan fingerprint density at radius 2 is 1.70 bits per heavy atom. The summed E-state index contributed by atoms with van der Waals surface area (Å²) >= 11 is 0. The van der Waals surface area contributed by atoms with Gasteiger partial charge in [-0.3, -0.25) is 9.59 Å². The molecule has 1 aromatic rings. The minimum absolute atomic E-state index is 0.124. The summed E-state index contributed by atoms with van der Waals surface area (Å²) in [6.07, 6.45) is 2.80. The van der Waals surface area contributed by atoms with Gasteiger partial charge in [-0.1, -0.05) is 36.4 Å². The van der Waals surface area contributed by atoms with Crippen molar-refractivity contribution in [2.75, 3.05) is 0 Å². The summed E-state index contributed by atoms with van der Waals surface area (Å²) in [5.41, 5.74) is 1.33. The van der Waals surface area contributed by atoms with Crippen molar-refractivity contribution in [1.82, 2.24) is 0 Å². The number of fused-ring (bicyclic) bond motifs is 3. The Bertz CT molecular complexity index is 698. The van der Waals surface area contributed by atoms with E-state index in [0.29, 0.717) is 23.1 Å². The van der Waals surface area contributed by atoms with Crippen molar-refractivity contribution in [2.24, 2.45) is 5.92 Å². The molecule has 1 heterocycles. The molecule has 3 aliphatic rings. The van der Waals surface area contributed by atoms with Crippen LogP contribution in [0.1, 0.15) is 27.1 Å². The van der Waals surface area contributed by atoms with Crippen LogP contribution in [-0.2, 0) is 4.74 Å². The van der Waals surface area contributed by atoms with Crippen LogP contribution < -0.4 is 0 Å². The van der Waals surface area contributed by atoms with Crippen molar-refractivity contribution in [3.8, 4) is 0 Å². The topological polar surface area (TPSA) is 63.6 Å². The highest BCUT2D eigenvalue weighted by Crippen LogP contribution is 2.42. The highest BCUT2D eigenvalue weighted by Gasteiger charge is 2.46. The van der Waals surface area contributed by atoms with Crippen LogP contribution in [0.2, 0.25) is 0 Å². The molecule has 4 nitrogen and oxygen atoms in total. The van der Waals surface area contributed by atoms with Crippen LogP contribution in [0.5, 0.6) is 0 Å². The lowest BCUT2D eigenvalue weighted by Crippen LogP contribution is -2.42. The Labute approximate surface area is 115 Å². The minimum Gasteiger partial charge on any atom is -0.364 e. The van der Waals surface area contributed by atoms with Crippen molar-refractivity contribution < 1.29 is 19.4 Å². The number of ketones is 2. The number of hydrogen-bond acceptors (Lipinski definition) is 4. The molecule has 100 valence electrons. The van der Waals surface area contributed by atoms with Crippen molar-refractivity contribution in [1.29, 1.82) is 0 Å². The lowest BCUT2D eigenvalue weighted by Gasteiger charge is -2.35. The average Bonchev–Trinajstić information content (AvgIpc) is 2.91. The summed E-state index contributed by atoms with van der Waals surface area (Å²) in [4.78, 5) is 25.2. The molecule has 1 aromatic carbocycles. The molecule has 0 saturated heterocycles. The number of ether oxygens (including phenoxy) is 1. The molecule has 0 spiro atoms. The molecule has 0 fully saturated rings. The Morgan fingerprint density at radius 1 is 1.05 bits per heavy atom. The van der Waals surface area contributed by atoms with Gasteiger partial charge in [0.05, 0.1) is 11.7 Å². The first-order chi connectivity index (χ1) is 9.68. The normalized spacial score (nSPS) is 31.1. The van der Waals surface area contributed by atoms with Gasteiger partial charge in [0, 0.05) is 22.6 Å². The van der Waals surface area contributed by atoms with Crippen molar-refractivity contribution in [3.63, 3.8) is 0 Å². The maximum atomic E-state index is 12.7. The van der Waals surface area contributed by atoms with Gasteiger partial charge < -0.3 is 9.84 Å². The third kappa shape index (κ3) is 1.38. The predicted molar refractivity (Wildman–Crippen MR) is 70.3 cm³/mol. The van der Waals surface area contributed by atoms with Gasteiger partial charge in [-0.2, -0.15) is 0 Å².